The number of aromatic nitrogens is 4. The topological polar surface area (TPSA) is 187 Å². The summed E-state index contributed by atoms with van der Waals surface area (Å²) >= 11 is 0. The number of hydrogen-bond acceptors (Lipinski definition) is 10. The Labute approximate surface area is 397 Å². The summed E-state index contributed by atoms with van der Waals surface area (Å²) in [6, 6.07) is 29.3. The van der Waals surface area contributed by atoms with E-state index in [1.54, 1.807) is 0 Å². The number of carbonyl (C=O) groups is 3. The van der Waals surface area contributed by atoms with Crippen LogP contribution in [-0.4, -0.2) is 106 Å². The van der Waals surface area contributed by atoms with Gasteiger partial charge in [0, 0.05) is 31.9 Å². The fraction of sp³-hybridized carbons (Fsp3) is 0.415. The largest absolute Gasteiger partial charge is 0.453 e. The summed E-state index contributed by atoms with van der Waals surface area (Å²) in [6.45, 7) is 4.51. The molecule has 15 nitrogen and oxygen atoms in total. The van der Waals surface area contributed by atoms with Crippen LogP contribution in [0.1, 0.15) is 94.0 Å². The van der Waals surface area contributed by atoms with E-state index in [1.807, 2.05) is 47.6 Å². The molecule has 2 aromatic heterocycles. The van der Waals surface area contributed by atoms with Crippen LogP contribution in [0.3, 0.4) is 0 Å². The minimum Gasteiger partial charge on any atom is -0.453 e. The molecule has 356 valence electrons. The van der Waals surface area contributed by atoms with Gasteiger partial charge in [0.05, 0.1) is 55.6 Å². The smallest absolute Gasteiger partial charge is 0.407 e. The summed E-state index contributed by atoms with van der Waals surface area (Å²) < 4.78 is 15.4. The van der Waals surface area contributed by atoms with E-state index in [0.717, 1.165) is 107 Å². The SMILES string of the molecule is CCCC1(c2ncc(-c3ccc(-c4ccc5cc(-c6cnc(C7CCCN7C(=O)C(NC(=O)OC)C7CCOCC7)[nH]6)ccc5c4)cc3)[nH]2)CCCCN1C(O)C(NC(=O)OC)c1ccccc1. The van der Waals surface area contributed by atoms with Crippen LogP contribution in [0.2, 0.25) is 0 Å². The van der Waals surface area contributed by atoms with Crippen LogP contribution < -0.4 is 10.6 Å². The molecule has 3 fully saturated rings. The van der Waals surface area contributed by atoms with Gasteiger partial charge in [-0.15, -0.1) is 0 Å². The van der Waals surface area contributed by atoms with Crippen LogP contribution in [-0.2, 0) is 24.5 Å². The molecule has 0 radical (unpaired) electrons. The lowest BCUT2D eigenvalue weighted by atomic mass is 9.81. The molecule has 5 atom stereocenters. The lowest BCUT2D eigenvalue weighted by Gasteiger charge is -2.50. The molecule has 5 heterocycles. The van der Waals surface area contributed by atoms with Crippen molar-refractivity contribution >= 4 is 28.9 Å². The Morgan fingerprint density at radius 3 is 2.18 bits per heavy atom. The highest BCUT2D eigenvalue weighted by atomic mass is 16.5. The average molecular weight is 923 g/mol. The van der Waals surface area contributed by atoms with E-state index in [9.17, 15) is 19.5 Å². The number of rotatable bonds is 14. The van der Waals surface area contributed by atoms with Gasteiger partial charge in [-0.2, -0.15) is 0 Å². The number of nitrogens with zero attached hydrogens (tertiary/aromatic N) is 4. The van der Waals surface area contributed by atoms with E-state index in [0.29, 0.717) is 39.1 Å². The van der Waals surface area contributed by atoms with Crippen LogP contribution in [0.5, 0.6) is 0 Å². The van der Waals surface area contributed by atoms with E-state index in [4.69, 9.17) is 24.2 Å². The van der Waals surface area contributed by atoms with Crippen LogP contribution in [0, 0.1) is 5.92 Å². The molecule has 3 saturated heterocycles. The van der Waals surface area contributed by atoms with E-state index >= 15 is 0 Å². The molecule has 3 aliphatic heterocycles. The summed E-state index contributed by atoms with van der Waals surface area (Å²) in [5.74, 6) is 1.40. The lowest BCUT2D eigenvalue weighted by Crippen LogP contribution is -2.58. The van der Waals surface area contributed by atoms with Crippen molar-refractivity contribution < 1.29 is 33.7 Å². The van der Waals surface area contributed by atoms with Gasteiger partial charge in [0.15, 0.2) is 0 Å². The first kappa shape index (κ1) is 46.6. The summed E-state index contributed by atoms with van der Waals surface area (Å²) in [7, 11) is 2.64. The Kier molecular flexibility index (Phi) is 14.2. The van der Waals surface area contributed by atoms with Crippen LogP contribution in [0.15, 0.2) is 103 Å². The van der Waals surface area contributed by atoms with Crippen LogP contribution in [0.4, 0.5) is 9.59 Å². The Hall–Kier alpha value is -6.55. The third-order valence-corrected chi connectivity index (χ3v) is 14.3. The Balaban J connectivity index is 0.901. The second-order valence-electron chi connectivity index (χ2n) is 18.3. The van der Waals surface area contributed by atoms with Gasteiger partial charge in [0.25, 0.3) is 0 Å². The van der Waals surface area contributed by atoms with Gasteiger partial charge in [-0.1, -0.05) is 92.2 Å². The average Bonchev–Trinajstić information content (AvgIpc) is 4.20. The van der Waals surface area contributed by atoms with Crippen molar-refractivity contribution in [1.82, 2.24) is 40.4 Å². The van der Waals surface area contributed by atoms with E-state index < -0.39 is 36.0 Å². The van der Waals surface area contributed by atoms with Crippen molar-refractivity contribution in [2.24, 2.45) is 5.92 Å². The number of fused-ring (bicyclic) bond motifs is 1. The second-order valence-corrected chi connectivity index (χ2v) is 18.3. The normalized spacial score (nSPS) is 20.4. The number of benzene rings is 4. The molecule has 5 N–H and O–H groups in total. The number of hydrogen-bond donors (Lipinski definition) is 5. The van der Waals surface area contributed by atoms with Crippen molar-refractivity contribution in [1.29, 1.82) is 0 Å². The molecule has 0 spiro atoms. The zero-order chi connectivity index (χ0) is 47.2. The maximum Gasteiger partial charge on any atom is 0.407 e. The van der Waals surface area contributed by atoms with Gasteiger partial charge in [0.2, 0.25) is 5.91 Å². The summed E-state index contributed by atoms with van der Waals surface area (Å²) in [6.07, 6.45) is 8.87. The monoisotopic (exact) mass is 922 g/mol. The van der Waals surface area contributed by atoms with Gasteiger partial charge in [-0.25, -0.2) is 19.6 Å². The van der Waals surface area contributed by atoms with Crippen molar-refractivity contribution in [3.05, 3.63) is 121 Å². The number of aromatic amines is 2. The number of nitrogens with one attached hydrogen (secondary N) is 4. The number of ether oxygens (including phenoxy) is 3. The predicted molar refractivity (Wildman–Crippen MR) is 259 cm³/mol. The fourth-order valence-electron chi connectivity index (χ4n) is 10.8. The molecule has 68 heavy (non-hydrogen) atoms. The zero-order valence-corrected chi connectivity index (χ0v) is 39.1. The standard InChI is InChI=1S/C53H62N8O7/c1-4-24-53(25-8-9-27-61(53)49(63)46(59-52(65)67-3)36-11-6-5-7-12-36)50-55-33-42(57-50)35-16-14-34(15-17-35)38-18-19-40-31-41(21-20-39(40)30-38)43-32-54-47(56-43)44-13-10-26-60(44)48(62)45(58-51(64)66-2)37-22-28-68-29-23-37/h5-7,11-12,14-21,30-33,37,44-46,49,63H,4,8-10,13,22-29H2,1-3H3,(H,54,56)(H,55,57)(H,58,64)(H,59,65). The molecule has 3 aliphatic rings. The van der Waals surface area contributed by atoms with Gasteiger partial charge in [0.1, 0.15) is 23.9 Å². The number of alkyl carbamates (subject to hydrolysis) is 2. The van der Waals surface area contributed by atoms with Gasteiger partial charge in [-0.3, -0.25) is 9.69 Å². The van der Waals surface area contributed by atoms with E-state index in [-0.39, 0.29) is 17.9 Å². The maximum absolute atomic E-state index is 14.1. The van der Waals surface area contributed by atoms with Gasteiger partial charge >= 0.3 is 12.2 Å². The number of likely N-dealkylation sites (tertiary alicyclic amines) is 2. The Morgan fingerprint density at radius 2 is 1.44 bits per heavy atom. The highest BCUT2D eigenvalue weighted by Crippen LogP contribution is 2.44. The predicted octanol–water partition coefficient (Wildman–Crippen LogP) is 9.00. The molecule has 4 aromatic carbocycles. The molecule has 5 unspecified atom stereocenters. The third kappa shape index (κ3) is 9.60. The quantitative estimate of drug-likeness (QED) is 0.0706. The highest BCUT2D eigenvalue weighted by Gasteiger charge is 2.47. The summed E-state index contributed by atoms with van der Waals surface area (Å²) in [5, 5.41) is 20.1. The van der Waals surface area contributed by atoms with Crippen molar-refractivity contribution in [2.75, 3.05) is 40.5 Å². The summed E-state index contributed by atoms with van der Waals surface area (Å²) in [4.78, 5) is 59.9. The Bertz CT molecular complexity index is 2680. The lowest BCUT2D eigenvalue weighted by molar-refractivity contribution is -0.136. The number of imidazole rings is 2. The molecular formula is C53H62N8O7. The highest BCUT2D eigenvalue weighted by molar-refractivity contribution is 5.91. The van der Waals surface area contributed by atoms with Crippen molar-refractivity contribution in [3.63, 3.8) is 0 Å². The van der Waals surface area contributed by atoms with Crippen LogP contribution >= 0.6 is 0 Å². The third-order valence-electron chi connectivity index (χ3n) is 14.3. The molecule has 0 aliphatic carbocycles. The number of carbonyl (C=O) groups excluding carboxylic acids is 3. The minimum atomic E-state index is -1.03. The van der Waals surface area contributed by atoms with Crippen molar-refractivity contribution in [3.8, 4) is 33.6 Å². The number of amides is 3. The molecular weight excluding hydrogens is 861 g/mol. The second kappa shape index (κ2) is 20.8. The first-order valence-corrected chi connectivity index (χ1v) is 24.0. The van der Waals surface area contributed by atoms with Gasteiger partial charge in [-0.05, 0) is 102 Å². The molecule has 9 rings (SSSR count). The molecule has 15 heteroatoms. The molecule has 0 bridgehead atoms. The maximum atomic E-state index is 14.1. The Morgan fingerprint density at radius 1 is 0.779 bits per heavy atom. The van der Waals surface area contributed by atoms with Crippen LogP contribution in [0.25, 0.3) is 44.4 Å². The number of H-pyrrole nitrogens is 2. The van der Waals surface area contributed by atoms with Gasteiger partial charge < -0.3 is 44.8 Å². The number of methoxy groups -OCH3 is 2. The molecule has 6 aromatic rings. The van der Waals surface area contributed by atoms with E-state index in [2.05, 4.69) is 93.1 Å². The first-order valence-electron chi connectivity index (χ1n) is 24.0. The summed E-state index contributed by atoms with van der Waals surface area (Å²) in [5.41, 5.74) is 6.17. The van der Waals surface area contributed by atoms with E-state index in [1.165, 1.54) is 14.2 Å². The fourth-order valence-corrected chi connectivity index (χ4v) is 10.8. The molecule has 3 amide bonds. The number of aliphatic hydroxyl groups is 1. The zero-order valence-electron chi connectivity index (χ0n) is 39.1. The minimum absolute atomic E-state index is 0.0301. The number of piperidine rings is 1. The number of aliphatic hydroxyl groups excluding tert-OH is 1. The van der Waals surface area contributed by atoms with Crippen molar-refractivity contribution in [2.45, 2.75) is 94.6 Å². The first-order chi connectivity index (χ1) is 33.2. The molecule has 0 saturated carbocycles.